The van der Waals surface area contributed by atoms with Gasteiger partial charge in [-0.1, -0.05) is 18.2 Å². The molecule has 0 bridgehead atoms. The molecule has 4 aromatic rings. The summed E-state index contributed by atoms with van der Waals surface area (Å²) < 4.78 is 6.10. The fourth-order valence-electron chi connectivity index (χ4n) is 4.36. The predicted molar refractivity (Wildman–Crippen MR) is 124 cm³/mol. The number of nitrogens with one attached hydrogen (secondary N) is 1. The topological polar surface area (TPSA) is 88.2 Å². The number of carbonyl (C=O) groups excluding carboxylic acids is 2. The predicted octanol–water partition coefficient (Wildman–Crippen LogP) is 5.05. The van der Waals surface area contributed by atoms with Gasteiger partial charge in [0.15, 0.2) is 5.82 Å². The maximum Gasteiger partial charge on any atom is 0.228 e. The van der Waals surface area contributed by atoms with Gasteiger partial charge in [0, 0.05) is 30.8 Å². The van der Waals surface area contributed by atoms with Crippen LogP contribution in [0.4, 0.5) is 0 Å². The molecular formula is C26H24N4O3. The lowest BCUT2D eigenvalue weighted by Crippen LogP contribution is -2.37. The fourth-order valence-corrected chi connectivity index (χ4v) is 4.36. The number of rotatable bonds is 5. The van der Waals surface area contributed by atoms with E-state index in [4.69, 9.17) is 4.74 Å². The Morgan fingerprint density at radius 2 is 1.85 bits per heavy atom. The van der Waals surface area contributed by atoms with Gasteiger partial charge in [-0.15, -0.1) is 0 Å². The molecule has 2 aromatic carbocycles. The van der Waals surface area contributed by atoms with Crippen molar-refractivity contribution in [2.45, 2.75) is 32.2 Å². The fraction of sp³-hybridized carbons (Fsp3) is 0.231. The number of fused-ring (bicyclic) bond motifs is 1. The van der Waals surface area contributed by atoms with Crippen molar-refractivity contribution in [3.63, 3.8) is 0 Å². The first-order valence-electron chi connectivity index (χ1n) is 11.1. The van der Waals surface area contributed by atoms with E-state index >= 15 is 0 Å². The van der Waals surface area contributed by atoms with E-state index < -0.39 is 0 Å². The minimum absolute atomic E-state index is 0.0473. The maximum atomic E-state index is 12.9. The zero-order chi connectivity index (χ0) is 22.8. The van der Waals surface area contributed by atoms with Crippen LogP contribution in [0, 0.1) is 0 Å². The number of aromatic amines is 1. The van der Waals surface area contributed by atoms with Gasteiger partial charge in [0.05, 0.1) is 17.1 Å². The lowest BCUT2D eigenvalue weighted by molar-refractivity contribution is -0.132. The number of H-pyrrole nitrogens is 1. The molecule has 1 aliphatic rings. The molecular weight excluding hydrogens is 416 g/mol. The van der Waals surface area contributed by atoms with E-state index in [2.05, 4.69) is 15.0 Å². The van der Waals surface area contributed by atoms with Crippen LogP contribution in [0.1, 0.15) is 54.0 Å². The van der Waals surface area contributed by atoms with Gasteiger partial charge in [0.1, 0.15) is 5.75 Å². The lowest BCUT2D eigenvalue weighted by Gasteiger charge is -2.35. The van der Waals surface area contributed by atoms with Crippen molar-refractivity contribution in [1.29, 1.82) is 0 Å². The van der Waals surface area contributed by atoms with Gasteiger partial charge in [-0.2, -0.15) is 0 Å². The van der Waals surface area contributed by atoms with E-state index in [1.54, 1.807) is 37.4 Å². The zero-order valence-corrected chi connectivity index (χ0v) is 18.3. The number of likely N-dealkylation sites (tertiary alicyclic amines) is 1. The molecule has 1 atom stereocenters. The van der Waals surface area contributed by atoms with Crippen molar-refractivity contribution in [1.82, 2.24) is 19.9 Å². The molecule has 0 aliphatic carbocycles. The van der Waals surface area contributed by atoms with Gasteiger partial charge in [-0.25, -0.2) is 9.97 Å². The number of ketones is 1. The number of ether oxygens (including phenoxy) is 1. The van der Waals surface area contributed by atoms with Crippen LogP contribution in [0.5, 0.6) is 11.6 Å². The molecule has 1 saturated heterocycles. The molecule has 0 spiro atoms. The molecule has 1 N–H and O–H groups in total. The largest absolute Gasteiger partial charge is 0.439 e. The van der Waals surface area contributed by atoms with Crippen LogP contribution < -0.4 is 4.74 Å². The number of aromatic nitrogens is 3. The quantitative estimate of drug-likeness (QED) is 0.439. The highest BCUT2D eigenvalue weighted by atomic mass is 16.5. The van der Waals surface area contributed by atoms with Crippen LogP contribution in [0.3, 0.4) is 0 Å². The number of benzene rings is 2. The highest BCUT2D eigenvalue weighted by Gasteiger charge is 2.28. The SMILES string of the molecule is CC(=O)N1CCCCC1c1cccnc1Oc1ccc(C(=O)c2nc3ccccc3[nH]2)cc1. The molecule has 5 rings (SSSR count). The third-order valence-corrected chi connectivity index (χ3v) is 6.00. The average Bonchev–Trinajstić information content (AvgIpc) is 3.29. The molecule has 7 heteroatoms. The molecule has 7 nitrogen and oxygen atoms in total. The van der Waals surface area contributed by atoms with Gasteiger partial charge in [0.2, 0.25) is 17.6 Å². The number of nitrogens with zero attached hydrogens (tertiary/aromatic N) is 3. The first-order chi connectivity index (χ1) is 16.1. The molecule has 1 amide bonds. The lowest BCUT2D eigenvalue weighted by atomic mass is 9.96. The van der Waals surface area contributed by atoms with Crippen LogP contribution in [-0.2, 0) is 4.79 Å². The second kappa shape index (κ2) is 8.86. The Morgan fingerprint density at radius 1 is 1.03 bits per heavy atom. The van der Waals surface area contributed by atoms with E-state index in [1.807, 2.05) is 41.3 Å². The molecule has 1 aliphatic heterocycles. The molecule has 33 heavy (non-hydrogen) atoms. The van der Waals surface area contributed by atoms with Crippen LogP contribution in [0.2, 0.25) is 0 Å². The van der Waals surface area contributed by atoms with Crippen molar-refractivity contribution in [3.8, 4) is 11.6 Å². The van der Waals surface area contributed by atoms with E-state index in [0.717, 1.165) is 42.4 Å². The van der Waals surface area contributed by atoms with Crippen molar-refractivity contribution >= 4 is 22.7 Å². The second-order valence-corrected chi connectivity index (χ2v) is 8.18. The number of piperidine rings is 1. The monoisotopic (exact) mass is 440 g/mol. The van der Waals surface area contributed by atoms with E-state index in [1.165, 1.54) is 0 Å². The standard InChI is InChI=1S/C26H24N4O3/c1-17(31)30-16-5-4-10-23(30)20-7-6-15-27-26(20)33-19-13-11-18(12-14-19)24(32)25-28-21-8-2-3-9-22(21)29-25/h2-3,6-9,11-15,23H,4-5,10,16H2,1H3,(H,28,29). The van der Waals surface area contributed by atoms with Crippen molar-refractivity contribution < 1.29 is 14.3 Å². The van der Waals surface area contributed by atoms with Crippen LogP contribution >= 0.6 is 0 Å². The number of carbonyl (C=O) groups is 2. The summed E-state index contributed by atoms with van der Waals surface area (Å²) in [6, 6.07) is 18.3. The van der Waals surface area contributed by atoms with Gasteiger partial charge in [0.25, 0.3) is 0 Å². The highest BCUT2D eigenvalue weighted by Crippen LogP contribution is 2.36. The number of amides is 1. The minimum Gasteiger partial charge on any atom is -0.439 e. The summed E-state index contributed by atoms with van der Waals surface area (Å²) in [4.78, 5) is 38.8. The number of para-hydroxylation sites is 2. The average molecular weight is 441 g/mol. The Morgan fingerprint density at radius 3 is 2.64 bits per heavy atom. The molecule has 0 saturated carbocycles. The smallest absolute Gasteiger partial charge is 0.228 e. The summed E-state index contributed by atoms with van der Waals surface area (Å²) in [5.41, 5.74) is 2.99. The summed E-state index contributed by atoms with van der Waals surface area (Å²) >= 11 is 0. The number of imidazole rings is 1. The summed E-state index contributed by atoms with van der Waals surface area (Å²) in [7, 11) is 0. The van der Waals surface area contributed by atoms with E-state index in [9.17, 15) is 9.59 Å². The third kappa shape index (κ3) is 4.22. The Labute approximate surface area is 191 Å². The number of hydrogen-bond acceptors (Lipinski definition) is 5. The van der Waals surface area contributed by atoms with E-state index in [-0.39, 0.29) is 17.7 Å². The number of pyridine rings is 1. The zero-order valence-electron chi connectivity index (χ0n) is 18.3. The Hall–Kier alpha value is -4.00. The van der Waals surface area contributed by atoms with Crippen LogP contribution in [0.15, 0.2) is 66.9 Å². The minimum atomic E-state index is -0.185. The third-order valence-electron chi connectivity index (χ3n) is 6.00. The van der Waals surface area contributed by atoms with Gasteiger partial charge >= 0.3 is 0 Å². The summed E-state index contributed by atoms with van der Waals surface area (Å²) in [6.07, 6.45) is 4.63. The maximum absolute atomic E-state index is 12.9. The molecule has 1 unspecified atom stereocenters. The second-order valence-electron chi connectivity index (χ2n) is 8.18. The Bertz CT molecular complexity index is 1280. The summed E-state index contributed by atoms with van der Waals surface area (Å²) in [5, 5.41) is 0. The summed E-state index contributed by atoms with van der Waals surface area (Å²) in [5.74, 6) is 1.23. The highest BCUT2D eigenvalue weighted by molar-refractivity contribution is 6.08. The summed E-state index contributed by atoms with van der Waals surface area (Å²) in [6.45, 7) is 2.35. The van der Waals surface area contributed by atoms with Crippen LogP contribution in [-0.4, -0.2) is 38.1 Å². The Kier molecular flexibility index (Phi) is 5.60. The first kappa shape index (κ1) is 20.9. The molecule has 1 fully saturated rings. The van der Waals surface area contributed by atoms with Crippen molar-refractivity contribution in [2.24, 2.45) is 0 Å². The Balaban J connectivity index is 1.37. The van der Waals surface area contributed by atoms with Gasteiger partial charge < -0.3 is 14.6 Å². The molecule has 166 valence electrons. The molecule has 2 aromatic heterocycles. The van der Waals surface area contributed by atoms with Gasteiger partial charge in [-0.3, -0.25) is 9.59 Å². The van der Waals surface area contributed by atoms with Crippen LogP contribution in [0.25, 0.3) is 11.0 Å². The molecule has 3 heterocycles. The normalized spacial score (nSPS) is 16.0. The molecule has 0 radical (unpaired) electrons. The van der Waals surface area contributed by atoms with Crippen molar-refractivity contribution in [3.05, 3.63) is 83.8 Å². The van der Waals surface area contributed by atoms with Gasteiger partial charge in [-0.05, 0) is 61.7 Å². The van der Waals surface area contributed by atoms with Crippen molar-refractivity contribution in [2.75, 3.05) is 6.54 Å². The first-order valence-corrected chi connectivity index (χ1v) is 11.1. The number of hydrogen-bond donors (Lipinski definition) is 1. The van der Waals surface area contributed by atoms with E-state index in [0.29, 0.717) is 23.0 Å².